The van der Waals surface area contributed by atoms with Crippen LogP contribution in [0.3, 0.4) is 0 Å². The van der Waals surface area contributed by atoms with Crippen LogP contribution < -0.4 is 10.6 Å². The topological polar surface area (TPSA) is 142 Å². The molecule has 1 unspecified atom stereocenters. The van der Waals surface area contributed by atoms with E-state index in [2.05, 4.69) is 24.4 Å². The molecule has 0 saturated carbocycles. The number of aliphatic carboxylic acids is 1. The van der Waals surface area contributed by atoms with E-state index in [1.807, 2.05) is 5.32 Å². The highest BCUT2D eigenvalue weighted by molar-refractivity contribution is 5.82. The fourth-order valence-corrected chi connectivity index (χ4v) is 2.98. The molecule has 0 heterocycles. The number of hydrogen-bond donors (Lipinski definition) is 4. The molecule has 0 saturated heterocycles. The second-order valence-corrected chi connectivity index (χ2v) is 9.07. The summed E-state index contributed by atoms with van der Waals surface area (Å²) in [5.74, 6) is -0.521. The summed E-state index contributed by atoms with van der Waals surface area (Å²) in [7, 11) is 0. The molecule has 0 bridgehead atoms. The first-order chi connectivity index (χ1) is 16.4. The molecule has 9 heteroatoms. The van der Waals surface area contributed by atoms with E-state index in [1.54, 1.807) is 52.0 Å². The Morgan fingerprint density at radius 2 is 1.69 bits per heavy atom. The second-order valence-electron chi connectivity index (χ2n) is 9.07. The molecule has 1 aromatic rings. The van der Waals surface area contributed by atoms with Crippen molar-refractivity contribution in [3.63, 3.8) is 0 Å². The van der Waals surface area contributed by atoms with Gasteiger partial charge in [0.1, 0.15) is 12.1 Å². The molecule has 0 aromatic heterocycles. The van der Waals surface area contributed by atoms with Crippen LogP contribution in [0.1, 0.15) is 72.3 Å². The summed E-state index contributed by atoms with van der Waals surface area (Å²) in [4.78, 5) is 41.0. The van der Waals surface area contributed by atoms with Crippen molar-refractivity contribution in [2.45, 2.75) is 72.3 Å². The lowest BCUT2D eigenvalue weighted by Gasteiger charge is -2.26. The zero-order valence-corrected chi connectivity index (χ0v) is 21.4. The van der Waals surface area contributed by atoms with E-state index in [9.17, 15) is 19.2 Å². The normalized spacial score (nSPS) is 16.0. The Labute approximate surface area is 207 Å². The highest BCUT2D eigenvalue weighted by Crippen LogP contribution is 2.27. The van der Waals surface area contributed by atoms with E-state index in [0.717, 1.165) is 11.5 Å². The smallest absolute Gasteiger partial charge is 0.409 e. The number of carbonyl (C=O) groups excluding carboxylic acids is 2. The van der Waals surface area contributed by atoms with Crippen LogP contribution in [0.5, 0.6) is 0 Å². The lowest BCUT2D eigenvalue weighted by atomic mass is 9.96. The number of carboxylic acids is 1. The largest absolute Gasteiger partial charge is 0.480 e. The Hall–Kier alpha value is -3.36. The van der Waals surface area contributed by atoms with E-state index >= 15 is 0 Å². The molecule has 9 nitrogen and oxygen atoms in total. The summed E-state index contributed by atoms with van der Waals surface area (Å²) >= 11 is 0. The fraction of sp³-hybridized carbons (Fsp3) is 0.538. The molecule has 196 valence electrons. The van der Waals surface area contributed by atoms with Gasteiger partial charge in [-0.2, -0.15) is 0 Å². The van der Waals surface area contributed by atoms with Gasteiger partial charge in [0.25, 0.3) is 0 Å². The first-order valence-corrected chi connectivity index (χ1v) is 11.8. The van der Waals surface area contributed by atoms with Gasteiger partial charge in [-0.25, -0.2) is 4.79 Å². The van der Waals surface area contributed by atoms with Gasteiger partial charge in [-0.15, -0.1) is 0 Å². The van der Waals surface area contributed by atoms with Gasteiger partial charge in [-0.1, -0.05) is 51.5 Å². The average Bonchev–Trinajstić information content (AvgIpc) is 2.75. The number of rotatable bonds is 7. The molecule has 1 atom stereocenters. The quantitative estimate of drug-likeness (QED) is 0.234. The molecule has 1 aromatic carbocycles. The number of amides is 2. The summed E-state index contributed by atoms with van der Waals surface area (Å²) in [5.41, 5.74) is 0.531. The van der Waals surface area contributed by atoms with Crippen molar-refractivity contribution < 1.29 is 34.1 Å². The standard InChI is InChI=1S/C14H19NO4.C9H16.C3H5NO3/c1-9(2)12(16)19-14(3,4)10-5-7-11(8-6-10)15-13(17)18;1-9-7-5-3-2-4-6-8-9;5-2-4-1-3(6)7/h5-9,15H,1-4H3,(H,17,18);2-3,9H,4-8H2,1H3;2H,1H2,(H,4,5)(H,6,7)/b;3-2+;. The van der Waals surface area contributed by atoms with Crippen LogP contribution in [0.4, 0.5) is 10.5 Å². The number of carboxylic acid groups (broad SMARTS) is 2. The Kier molecular flexibility index (Phi) is 15.5. The SMILES string of the molecule is CC(C)C(=O)OC(C)(C)c1ccc(NC(=O)O)cc1.CC1CC/C=C/CCC1.O=CNCC(=O)O. The second kappa shape index (κ2) is 17.1. The zero-order valence-electron chi connectivity index (χ0n) is 21.4. The predicted molar refractivity (Wildman–Crippen MR) is 135 cm³/mol. The summed E-state index contributed by atoms with van der Waals surface area (Å²) in [6.45, 7) is 9.21. The molecule has 0 aliphatic heterocycles. The van der Waals surface area contributed by atoms with Gasteiger partial charge in [0.2, 0.25) is 6.41 Å². The molecular formula is C26H40N2O7. The number of esters is 1. The molecule has 35 heavy (non-hydrogen) atoms. The van der Waals surface area contributed by atoms with Crippen molar-refractivity contribution in [2.24, 2.45) is 11.8 Å². The maximum Gasteiger partial charge on any atom is 0.409 e. The van der Waals surface area contributed by atoms with Gasteiger partial charge in [-0.3, -0.25) is 19.7 Å². The van der Waals surface area contributed by atoms with Crippen molar-refractivity contribution in [1.29, 1.82) is 0 Å². The Morgan fingerprint density at radius 1 is 1.09 bits per heavy atom. The third-order valence-electron chi connectivity index (χ3n) is 5.06. The molecule has 1 aliphatic rings. The molecule has 0 spiro atoms. The minimum atomic E-state index is -1.11. The molecule has 2 amide bonds. The molecule has 1 aliphatic carbocycles. The number of benzene rings is 1. The number of nitrogens with one attached hydrogen (secondary N) is 2. The minimum Gasteiger partial charge on any atom is -0.480 e. The van der Waals surface area contributed by atoms with Crippen molar-refractivity contribution in [3.8, 4) is 0 Å². The molecule has 4 N–H and O–H groups in total. The number of carbonyl (C=O) groups is 4. The lowest BCUT2D eigenvalue weighted by molar-refractivity contribution is -0.161. The Morgan fingerprint density at radius 3 is 2.17 bits per heavy atom. The van der Waals surface area contributed by atoms with Crippen molar-refractivity contribution >= 4 is 30.1 Å². The molecular weight excluding hydrogens is 452 g/mol. The van der Waals surface area contributed by atoms with Gasteiger partial charge in [0, 0.05) is 5.69 Å². The average molecular weight is 493 g/mol. The zero-order chi connectivity index (χ0) is 26.9. The maximum atomic E-state index is 11.6. The molecule has 0 fully saturated rings. The first kappa shape index (κ1) is 31.6. The van der Waals surface area contributed by atoms with Crippen LogP contribution in [0.2, 0.25) is 0 Å². The highest BCUT2D eigenvalue weighted by atomic mass is 16.6. The Balaban J connectivity index is 0.000000594. The van der Waals surface area contributed by atoms with E-state index in [-0.39, 0.29) is 18.4 Å². The van der Waals surface area contributed by atoms with Gasteiger partial charge in [0.05, 0.1) is 5.92 Å². The van der Waals surface area contributed by atoms with E-state index in [4.69, 9.17) is 14.9 Å². The summed E-state index contributed by atoms with van der Waals surface area (Å²) in [6.07, 6.45) is 10.7. The van der Waals surface area contributed by atoms with Crippen LogP contribution in [-0.4, -0.2) is 41.2 Å². The predicted octanol–water partition coefficient (Wildman–Crippen LogP) is 5.17. The lowest BCUT2D eigenvalue weighted by Crippen LogP contribution is -2.27. The van der Waals surface area contributed by atoms with Crippen LogP contribution in [0, 0.1) is 11.8 Å². The maximum absolute atomic E-state index is 11.6. The number of ether oxygens (including phenoxy) is 1. The first-order valence-electron chi connectivity index (χ1n) is 11.8. The Bertz CT molecular complexity index is 817. The highest BCUT2D eigenvalue weighted by Gasteiger charge is 2.26. The van der Waals surface area contributed by atoms with Gasteiger partial charge in [0.15, 0.2) is 0 Å². The van der Waals surface area contributed by atoms with E-state index in [0.29, 0.717) is 12.1 Å². The summed E-state index contributed by atoms with van der Waals surface area (Å²) < 4.78 is 5.43. The van der Waals surface area contributed by atoms with E-state index < -0.39 is 17.7 Å². The molecule has 2 rings (SSSR count). The minimum absolute atomic E-state index is 0.188. The van der Waals surface area contributed by atoms with Gasteiger partial charge in [-0.05, 0) is 63.1 Å². The van der Waals surface area contributed by atoms with Crippen LogP contribution in [0.15, 0.2) is 36.4 Å². The number of allylic oxidation sites excluding steroid dienone is 2. The van der Waals surface area contributed by atoms with Gasteiger partial charge >= 0.3 is 18.0 Å². The molecule has 0 radical (unpaired) electrons. The van der Waals surface area contributed by atoms with Crippen LogP contribution in [0.25, 0.3) is 0 Å². The van der Waals surface area contributed by atoms with Crippen molar-refractivity contribution in [1.82, 2.24) is 5.32 Å². The number of anilines is 1. The summed E-state index contributed by atoms with van der Waals surface area (Å²) in [5, 5.41) is 20.6. The van der Waals surface area contributed by atoms with Gasteiger partial charge < -0.3 is 20.3 Å². The van der Waals surface area contributed by atoms with E-state index in [1.165, 1.54) is 32.1 Å². The van der Waals surface area contributed by atoms with Crippen LogP contribution >= 0.6 is 0 Å². The monoisotopic (exact) mass is 492 g/mol. The third kappa shape index (κ3) is 16.0. The third-order valence-corrected chi connectivity index (χ3v) is 5.06. The van der Waals surface area contributed by atoms with Crippen molar-refractivity contribution in [3.05, 3.63) is 42.0 Å². The summed E-state index contributed by atoms with van der Waals surface area (Å²) in [6, 6.07) is 6.74. The van der Waals surface area contributed by atoms with Crippen LogP contribution in [-0.2, 0) is 24.7 Å². The fourth-order valence-electron chi connectivity index (χ4n) is 2.98. The van der Waals surface area contributed by atoms with Crippen molar-refractivity contribution in [2.75, 3.05) is 11.9 Å². The number of hydrogen-bond acceptors (Lipinski definition) is 5.